The lowest BCUT2D eigenvalue weighted by molar-refractivity contribution is -0.122. The molecular weight excluding hydrogens is 400 g/mol. The van der Waals surface area contributed by atoms with Crippen LogP contribution < -0.4 is 0 Å². The third-order valence-electron chi connectivity index (χ3n) is 4.14. The number of benzene rings is 2. The van der Waals surface area contributed by atoms with Gasteiger partial charge in [0.15, 0.2) is 0 Å². The Kier molecular flexibility index (Phi) is 5.11. The topological polar surface area (TPSA) is 33.5 Å². The molecule has 2 heterocycles. The van der Waals surface area contributed by atoms with Crippen LogP contribution in [0.3, 0.4) is 0 Å². The van der Waals surface area contributed by atoms with Gasteiger partial charge in [0.2, 0.25) is 0 Å². The summed E-state index contributed by atoms with van der Waals surface area (Å²) >= 11 is 6.49. The first-order chi connectivity index (χ1) is 13.5. The molecule has 0 unspecified atom stereocenters. The molecule has 0 saturated carbocycles. The van der Waals surface area contributed by atoms with Crippen molar-refractivity contribution in [3.05, 3.63) is 88.5 Å². The van der Waals surface area contributed by atoms with Crippen molar-refractivity contribution in [2.45, 2.75) is 6.54 Å². The first kappa shape index (κ1) is 18.6. The third kappa shape index (κ3) is 3.90. The molecule has 1 amide bonds. The van der Waals surface area contributed by atoms with E-state index >= 15 is 0 Å². The molecule has 0 aliphatic carbocycles. The minimum atomic E-state index is -0.350. The summed E-state index contributed by atoms with van der Waals surface area (Å²) in [5.41, 5.74) is 1.40. The second kappa shape index (κ2) is 7.69. The van der Waals surface area contributed by atoms with Gasteiger partial charge in [0.1, 0.15) is 27.5 Å². The smallest absolute Gasteiger partial charge is 0.266 e. The molecule has 0 spiro atoms. The molecule has 0 bridgehead atoms. The van der Waals surface area contributed by atoms with Gasteiger partial charge in [-0.15, -0.1) is 0 Å². The molecular formula is C21H13F2NO2S2. The average molecular weight is 413 g/mol. The monoisotopic (exact) mass is 413 g/mol. The summed E-state index contributed by atoms with van der Waals surface area (Å²) in [7, 11) is 0. The highest BCUT2D eigenvalue weighted by Crippen LogP contribution is 2.34. The van der Waals surface area contributed by atoms with Crippen molar-refractivity contribution in [2.24, 2.45) is 0 Å². The van der Waals surface area contributed by atoms with E-state index in [-0.39, 0.29) is 24.1 Å². The van der Waals surface area contributed by atoms with Crippen LogP contribution in [0.4, 0.5) is 8.78 Å². The fourth-order valence-corrected chi connectivity index (χ4v) is 4.00. The molecule has 2 aromatic carbocycles. The number of carbonyl (C=O) groups excluding carboxylic acids is 1. The summed E-state index contributed by atoms with van der Waals surface area (Å²) in [6, 6.07) is 15.5. The minimum absolute atomic E-state index is 0.233. The van der Waals surface area contributed by atoms with E-state index in [0.29, 0.717) is 26.3 Å². The van der Waals surface area contributed by atoms with Gasteiger partial charge in [-0.3, -0.25) is 9.69 Å². The van der Waals surface area contributed by atoms with Crippen LogP contribution in [-0.2, 0) is 11.3 Å². The zero-order valence-electron chi connectivity index (χ0n) is 14.4. The SMILES string of the molecule is O=C1/C(=C\c2ccc(-c3cccc(F)c3)o2)SC(=S)N1Cc1ccc(F)cc1. The second-order valence-corrected chi connectivity index (χ2v) is 7.78. The zero-order chi connectivity index (χ0) is 19.7. The number of hydrogen-bond acceptors (Lipinski definition) is 4. The Labute approximate surface area is 169 Å². The van der Waals surface area contributed by atoms with Crippen LogP contribution in [0.5, 0.6) is 0 Å². The van der Waals surface area contributed by atoms with E-state index in [0.717, 1.165) is 5.56 Å². The molecule has 28 heavy (non-hydrogen) atoms. The lowest BCUT2D eigenvalue weighted by atomic mass is 10.2. The predicted octanol–water partition coefficient (Wildman–Crippen LogP) is 5.63. The summed E-state index contributed by atoms with van der Waals surface area (Å²) in [5.74, 6) is 0.0650. The third-order valence-corrected chi connectivity index (χ3v) is 5.51. The van der Waals surface area contributed by atoms with Crippen LogP contribution in [0.15, 0.2) is 70.0 Å². The first-order valence-corrected chi connectivity index (χ1v) is 9.58. The van der Waals surface area contributed by atoms with Crippen LogP contribution in [0, 0.1) is 11.6 Å². The van der Waals surface area contributed by atoms with Crippen LogP contribution >= 0.6 is 24.0 Å². The zero-order valence-corrected chi connectivity index (χ0v) is 16.0. The van der Waals surface area contributed by atoms with Crippen LogP contribution in [0.25, 0.3) is 17.4 Å². The van der Waals surface area contributed by atoms with Crippen molar-refractivity contribution in [3.63, 3.8) is 0 Å². The van der Waals surface area contributed by atoms with Gasteiger partial charge in [-0.05, 0) is 42.0 Å². The number of thiocarbonyl (C=S) groups is 1. The number of halogens is 2. The number of hydrogen-bond donors (Lipinski definition) is 0. The molecule has 1 saturated heterocycles. The van der Waals surface area contributed by atoms with Crippen molar-refractivity contribution in [3.8, 4) is 11.3 Å². The molecule has 140 valence electrons. The Bertz CT molecular complexity index is 1090. The highest BCUT2D eigenvalue weighted by molar-refractivity contribution is 8.26. The Balaban J connectivity index is 1.53. The number of nitrogens with zero attached hydrogens (tertiary/aromatic N) is 1. The Morgan fingerprint density at radius 3 is 2.57 bits per heavy atom. The van der Waals surface area contributed by atoms with Crippen molar-refractivity contribution in [1.29, 1.82) is 0 Å². The molecule has 4 rings (SSSR count). The number of rotatable bonds is 4. The highest BCUT2D eigenvalue weighted by atomic mass is 32.2. The van der Waals surface area contributed by atoms with Crippen LogP contribution in [-0.4, -0.2) is 15.1 Å². The molecule has 1 aliphatic heterocycles. The minimum Gasteiger partial charge on any atom is -0.457 e. The number of carbonyl (C=O) groups is 1. The van der Waals surface area contributed by atoms with Gasteiger partial charge in [0.25, 0.3) is 5.91 Å². The molecule has 1 aliphatic rings. The molecule has 3 nitrogen and oxygen atoms in total. The van der Waals surface area contributed by atoms with E-state index in [4.69, 9.17) is 16.6 Å². The summed E-state index contributed by atoms with van der Waals surface area (Å²) in [6.45, 7) is 0.273. The fourth-order valence-electron chi connectivity index (χ4n) is 2.77. The molecule has 0 N–H and O–H groups in total. The molecule has 1 fully saturated rings. The van der Waals surface area contributed by atoms with Crippen molar-refractivity contribution >= 4 is 40.3 Å². The van der Waals surface area contributed by atoms with Gasteiger partial charge in [0.05, 0.1) is 11.4 Å². The van der Waals surface area contributed by atoms with Gasteiger partial charge in [-0.1, -0.05) is 48.2 Å². The van der Waals surface area contributed by atoms with E-state index in [1.807, 2.05) is 0 Å². The van der Waals surface area contributed by atoms with Crippen molar-refractivity contribution in [1.82, 2.24) is 4.90 Å². The molecule has 3 aromatic rings. The largest absolute Gasteiger partial charge is 0.457 e. The van der Waals surface area contributed by atoms with Crippen molar-refractivity contribution in [2.75, 3.05) is 0 Å². The van der Waals surface area contributed by atoms with Crippen LogP contribution in [0.1, 0.15) is 11.3 Å². The normalized spacial score (nSPS) is 15.6. The van der Waals surface area contributed by atoms with Gasteiger partial charge >= 0.3 is 0 Å². The molecule has 0 atom stereocenters. The maximum absolute atomic E-state index is 13.4. The lowest BCUT2D eigenvalue weighted by Crippen LogP contribution is -2.27. The van der Waals surface area contributed by atoms with Gasteiger partial charge < -0.3 is 4.42 Å². The molecule has 1 aromatic heterocycles. The maximum Gasteiger partial charge on any atom is 0.266 e. The summed E-state index contributed by atoms with van der Waals surface area (Å²) < 4.78 is 32.6. The summed E-state index contributed by atoms with van der Waals surface area (Å²) in [4.78, 5) is 14.6. The maximum atomic E-state index is 13.4. The second-order valence-electron chi connectivity index (χ2n) is 6.11. The number of furan rings is 1. The quantitative estimate of drug-likeness (QED) is 0.410. The van der Waals surface area contributed by atoms with E-state index < -0.39 is 0 Å². The van der Waals surface area contributed by atoms with Gasteiger partial charge in [-0.25, -0.2) is 8.78 Å². The number of thioether (sulfide) groups is 1. The predicted molar refractivity (Wildman–Crippen MR) is 109 cm³/mol. The Hall–Kier alpha value is -2.77. The fraction of sp³-hybridized carbons (Fsp3) is 0.0476. The molecule has 7 heteroatoms. The summed E-state index contributed by atoms with van der Waals surface area (Å²) in [5, 5.41) is 0. The van der Waals surface area contributed by atoms with E-state index in [1.54, 1.807) is 42.5 Å². The standard InChI is InChI=1S/C21H13F2NO2S2/c22-15-6-4-13(5-7-15)12-24-20(25)19(28-21(24)27)11-17-8-9-18(26-17)14-2-1-3-16(23)10-14/h1-11H,12H2/b19-11+. The van der Waals surface area contributed by atoms with Gasteiger partial charge in [0, 0.05) is 11.6 Å². The van der Waals surface area contributed by atoms with Gasteiger partial charge in [-0.2, -0.15) is 0 Å². The Morgan fingerprint density at radius 2 is 1.82 bits per heavy atom. The van der Waals surface area contributed by atoms with Crippen LogP contribution in [0.2, 0.25) is 0 Å². The Morgan fingerprint density at radius 1 is 1.04 bits per heavy atom. The number of amides is 1. The van der Waals surface area contributed by atoms with Crippen molar-refractivity contribution < 1.29 is 18.0 Å². The lowest BCUT2D eigenvalue weighted by Gasteiger charge is -2.14. The average Bonchev–Trinajstić information content (AvgIpc) is 3.24. The van der Waals surface area contributed by atoms with E-state index in [9.17, 15) is 13.6 Å². The highest BCUT2D eigenvalue weighted by Gasteiger charge is 2.32. The van der Waals surface area contributed by atoms with E-state index in [1.165, 1.54) is 40.9 Å². The van der Waals surface area contributed by atoms with E-state index in [2.05, 4.69) is 0 Å². The summed E-state index contributed by atoms with van der Waals surface area (Å²) in [6.07, 6.45) is 1.62. The first-order valence-electron chi connectivity index (χ1n) is 8.35. The molecule has 0 radical (unpaired) electrons.